The van der Waals surface area contributed by atoms with Crippen LogP contribution in [0.25, 0.3) is 0 Å². The highest BCUT2D eigenvalue weighted by Gasteiger charge is 2.22. The highest BCUT2D eigenvalue weighted by Crippen LogP contribution is 2.28. The van der Waals surface area contributed by atoms with Crippen molar-refractivity contribution in [3.05, 3.63) is 56.6 Å². The van der Waals surface area contributed by atoms with Crippen molar-refractivity contribution in [3.63, 3.8) is 0 Å². The van der Waals surface area contributed by atoms with Crippen LogP contribution in [0, 0.1) is 20.8 Å². The number of aryl methyl sites for hydroxylation is 2. The van der Waals surface area contributed by atoms with E-state index in [4.69, 9.17) is 32.5 Å². The standard InChI is InChI=1S/C18H18Cl2N4O3/c1-9-16(20)10(2)24(22-9)8-13-11(3)27-23-17(13)18(25)21-12-5-6-15(26-4)14(19)7-12/h5-7H,8H2,1-4H3,(H,21,25). The van der Waals surface area contributed by atoms with E-state index in [9.17, 15) is 4.79 Å². The summed E-state index contributed by atoms with van der Waals surface area (Å²) in [5, 5.41) is 12.1. The van der Waals surface area contributed by atoms with E-state index in [1.165, 1.54) is 7.11 Å². The summed E-state index contributed by atoms with van der Waals surface area (Å²) < 4.78 is 12.1. The second-order valence-corrected chi connectivity index (χ2v) is 6.80. The van der Waals surface area contributed by atoms with E-state index >= 15 is 0 Å². The van der Waals surface area contributed by atoms with Crippen LogP contribution in [-0.4, -0.2) is 28.0 Å². The molecule has 2 heterocycles. The molecule has 1 aromatic carbocycles. The zero-order chi connectivity index (χ0) is 19.7. The van der Waals surface area contributed by atoms with Gasteiger partial charge < -0.3 is 14.6 Å². The molecule has 9 heteroatoms. The van der Waals surface area contributed by atoms with Crippen LogP contribution < -0.4 is 10.1 Å². The molecule has 0 saturated heterocycles. The normalized spacial score (nSPS) is 10.9. The first kappa shape index (κ1) is 19.3. The molecule has 0 unspecified atom stereocenters. The smallest absolute Gasteiger partial charge is 0.278 e. The summed E-state index contributed by atoms with van der Waals surface area (Å²) >= 11 is 12.3. The average Bonchev–Trinajstić information content (AvgIpc) is 3.11. The lowest BCUT2D eigenvalue weighted by molar-refractivity contribution is 0.101. The van der Waals surface area contributed by atoms with Crippen LogP contribution in [0.2, 0.25) is 10.0 Å². The van der Waals surface area contributed by atoms with Crippen molar-refractivity contribution in [2.45, 2.75) is 27.3 Å². The predicted octanol–water partition coefficient (Wildman–Crippen LogP) is 4.41. The van der Waals surface area contributed by atoms with Crippen LogP contribution in [-0.2, 0) is 6.54 Å². The first-order valence-corrected chi connectivity index (χ1v) is 8.87. The summed E-state index contributed by atoms with van der Waals surface area (Å²) in [6.07, 6.45) is 0. The van der Waals surface area contributed by atoms with Gasteiger partial charge in [0.1, 0.15) is 11.5 Å². The summed E-state index contributed by atoms with van der Waals surface area (Å²) in [7, 11) is 1.52. The molecule has 0 aliphatic heterocycles. The summed E-state index contributed by atoms with van der Waals surface area (Å²) in [5.74, 6) is 0.654. The van der Waals surface area contributed by atoms with Gasteiger partial charge in [-0.1, -0.05) is 28.4 Å². The Morgan fingerprint density at radius 3 is 2.63 bits per heavy atom. The van der Waals surface area contributed by atoms with Gasteiger partial charge in [-0.3, -0.25) is 9.48 Å². The van der Waals surface area contributed by atoms with E-state index < -0.39 is 5.91 Å². The number of nitrogens with one attached hydrogen (secondary N) is 1. The van der Waals surface area contributed by atoms with E-state index in [-0.39, 0.29) is 5.69 Å². The van der Waals surface area contributed by atoms with E-state index in [0.717, 1.165) is 11.4 Å². The SMILES string of the molecule is COc1ccc(NC(=O)c2noc(C)c2Cn2nc(C)c(Cl)c2C)cc1Cl. The number of anilines is 1. The summed E-state index contributed by atoms with van der Waals surface area (Å²) in [5.41, 5.74) is 2.87. The van der Waals surface area contributed by atoms with Gasteiger partial charge >= 0.3 is 0 Å². The molecule has 0 bridgehead atoms. The first-order chi connectivity index (χ1) is 12.8. The molecule has 3 aromatic rings. The lowest BCUT2D eigenvalue weighted by atomic mass is 10.1. The summed E-state index contributed by atoms with van der Waals surface area (Å²) in [6, 6.07) is 4.96. The number of halogens is 2. The fraction of sp³-hybridized carbons (Fsp3) is 0.278. The van der Waals surface area contributed by atoms with Crippen molar-refractivity contribution in [3.8, 4) is 5.75 Å². The van der Waals surface area contributed by atoms with Crippen LogP contribution in [0.4, 0.5) is 5.69 Å². The van der Waals surface area contributed by atoms with Gasteiger partial charge in [-0.25, -0.2) is 0 Å². The van der Waals surface area contributed by atoms with E-state index in [1.807, 2.05) is 13.8 Å². The van der Waals surface area contributed by atoms with E-state index in [0.29, 0.717) is 39.4 Å². The zero-order valence-corrected chi connectivity index (χ0v) is 16.8. The topological polar surface area (TPSA) is 82.2 Å². The molecule has 2 aromatic heterocycles. The molecule has 0 radical (unpaired) electrons. The Kier molecular flexibility index (Phi) is 5.43. The molecule has 0 fully saturated rings. The Hall–Kier alpha value is -2.51. The van der Waals surface area contributed by atoms with Gasteiger partial charge in [0.2, 0.25) is 0 Å². The van der Waals surface area contributed by atoms with Gasteiger partial charge in [-0.15, -0.1) is 0 Å². The molecule has 1 amide bonds. The minimum atomic E-state index is -0.407. The van der Waals surface area contributed by atoms with Gasteiger partial charge in [-0.2, -0.15) is 5.10 Å². The van der Waals surface area contributed by atoms with Gasteiger partial charge in [0, 0.05) is 11.3 Å². The van der Waals surface area contributed by atoms with Crippen LogP contribution in [0.1, 0.15) is 33.2 Å². The first-order valence-electron chi connectivity index (χ1n) is 8.11. The number of hydrogen-bond donors (Lipinski definition) is 1. The number of benzene rings is 1. The molecule has 27 heavy (non-hydrogen) atoms. The number of ether oxygens (including phenoxy) is 1. The number of amides is 1. The Bertz CT molecular complexity index is 1010. The van der Waals surface area contributed by atoms with Crippen molar-refractivity contribution >= 4 is 34.8 Å². The van der Waals surface area contributed by atoms with Gasteiger partial charge in [0.15, 0.2) is 5.69 Å². The quantitative estimate of drug-likeness (QED) is 0.675. The Balaban J connectivity index is 1.86. The minimum Gasteiger partial charge on any atom is -0.495 e. The molecular weight excluding hydrogens is 391 g/mol. The van der Waals surface area contributed by atoms with Crippen molar-refractivity contribution in [1.29, 1.82) is 0 Å². The van der Waals surface area contributed by atoms with Crippen LogP contribution in [0.3, 0.4) is 0 Å². The second-order valence-electron chi connectivity index (χ2n) is 6.01. The predicted molar refractivity (Wildman–Crippen MR) is 103 cm³/mol. The fourth-order valence-electron chi connectivity index (χ4n) is 2.67. The minimum absolute atomic E-state index is 0.183. The highest BCUT2D eigenvalue weighted by molar-refractivity contribution is 6.32. The number of rotatable bonds is 5. The van der Waals surface area contributed by atoms with E-state index in [2.05, 4.69) is 15.6 Å². The number of carbonyl (C=O) groups excluding carboxylic acids is 1. The lowest BCUT2D eigenvalue weighted by Gasteiger charge is -2.08. The molecule has 0 aliphatic carbocycles. The van der Waals surface area contributed by atoms with Gasteiger partial charge in [-0.05, 0) is 39.0 Å². The molecule has 1 N–H and O–H groups in total. The van der Waals surface area contributed by atoms with Crippen LogP contribution in [0.15, 0.2) is 22.7 Å². The Labute approximate surface area is 166 Å². The molecule has 142 valence electrons. The van der Waals surface area contributed by atoms with Crippen molar-refractivity contribution in [1.82, 2.24) is 14.9 Å². The molecule has 0 aliphatic rings. The monoisotopic (exact) mass is 408 g/mol. The molecule has 7 nitrogen and oxygen atoms in total. The van der Waals surface area contributed by atoms with Crippen molar-refractivity contribution < 1.29 is 14.1 Å². The van der Waals surface area contributed by atoms with Crippen LogP contribution >= 0.6 is 23.2 Å². The summed E-state index contributed by atoms with van der Waals surface area (Å²) in [4.78, 5) is 12.7. The number of aromatic nitrogens is 3. The zero-order valence-electron chi connectivity index (χ0n) is 15.3. The van der Waals surface area contributed by atoms with Crippen molar-refractivity contribution in [2.75, 3.05) is 12.4 Å². The third kappa shape index (κ3) is 3.79. The maximum Gasteiger partial charge on any atom is 0.278 e. The molecule has 3 rings (SSSR count). The Morgan fingerprint density at radius 2 is 2.04 bits per heavy atom. The lowest BCUT2D eigenvalue weighted by Crippen LogP contribution is -2.16. The second kappa shape index (κ2) is 7.62. The molecule has 0 spiro atoms. The van der Waals surface area contributed by atoms with Gasteiger partial charge in [0.05, 0.1) is 35.1 Å². The molecule has 0 atom stereocenters. The average molecular weight is 409 g/mol. The summed E-state index contributed by atoms with van der Waals surface area (Å²) in [6.45, 7) is 5.76. The number of nitrogens with zero attached hydrogens (tertiary/aromatic N) is 3. The number of methoxy groups -OCH3 is 1. The number of carbonyl (C=O) groups is 1. The van der Waals surface area contributed by atoms with Gasteiger partial charge in [0.25, 0.3) is 5.91 Å². The largest absolute Gasteiger partial charge is 0.495 e. The van der Waals surface area contributed by atoms with E-state index in [1.54, 1.807) is 29.8 Å². The fourth-order valence-corrected chi connectivity index (χ4v) is 3.06. The van der Waals surface area contributed by atoms with Crippen molar-refractivity contribution in [2.24, 2.45) is 0 Å². The Morgan fingerprint density at radius 1 is 1.30 bits per heavy atom. The van der Waals surface area contributed by atoms with Crippen LogP contribution in [0.5, 0.6) is 5.75 Å². The highest BCUT2D eigenvalue weighted by atomic mass is 35.5. The maximum absolute atomic E-state index is 12.7. The molecule has 0 saturated carbocycles. The number of hydrogen-bond acceptors (Lipinski definition) is 5. The molecular formula is C18H18Cl2N4O3. The third-order valence-electron chi connectivity index (χ3n) is 4.21. The maximum atomic E-state index is 12.7. The third-order valence-corrected chi connectivity index (χ3v) is 5.05.